The fourth-order valence-electron chi connectivity index (χ4n) is 2.66. The van der Waals surface area contributed by atoms with Crippen molar-refractivity contribution in [2.75, 3.05) is 4.72 Å². The van der Waals surface area contributed by atoms with Crippen molar-refractivity contribution < 1.29 is 12.8 Å². The van der Waals surface area contributed by atoms with Crippen molar-refractivity contribution in [3.05, 3.63) is 76.1 Å². The molecule has 1 heterocycles. The summed E-state index contributed by atoms with van der Waals surface area (Å²) in [6.45, 7) is 2.26. The zero-order valence-corrected chi connectivity index (χ0v) is 17.1. The van der Waals surface area contributed by atoms with E-state index < -0.39 is 10.0 Å². The summed E-state index contributed by atoms with van der Waals surface area (Å²) in [5.41, 5.74) is 1.56. The third-order valence-electron chi connectivity index (χ3n) is 4.01. The highest BCUT2D eigenvalue weighted by molar-refractivity contribution is 9.10. The summed E-state index contributed by atoms with van der Waals surface area (Å²) >= 11 is 3.30. The molecule has 0 amide bonds. The van der Waals surface area contributed by atoms with E-state index in [1.807, 2.05) is 12.1 Å². The van der Waals surface area contributed by atoms with Crippen molar-refractivity contribution in [1.82, 2.24) is 9.78 Å². The number of hydrogen-bond donors (Lipinski definition) is 1. The fraction of sp³-hybridized carbons (Fsp3) is 0.211. The molecule has 0 saturated carbocycles. The van der Waals surface area contributed by atoms with Gasteiger partial charge in [0.25, 0.3) is 10.0 Å². The third-order valence-corrected chi connectivity index (χ3v) is 5.95. The SMILES string of the molecule is CCCc1ccc(S(=O)(=O)Nc2nn(Cc3ccccc3F)cc2Br)cc1. The second kappa shape index (κ2) is 8.22. The van der Waals surface area contributed by atoms with Gasteiger partial charge in [0.2, 0.25) is 0 Å². The second-order valence-corrected chi connectivity index (χ2v) is 8.65. The van der Waals surface area contributed by atoms with Gasteiger partial charge in [-0.15, -0.1) is 0 Å². The van der Waals surface area contributed by atoms with Crippen LogP contribution in [0.1, 0.15) is 24.5 Å². The number of aromatic nitrogens is 2. The number of nitrogens with one attached hydrogen (secondary N) is 1. The first-order valence-electron chi connectivity index (χ1n) is 8.47. The van der Waals surface area contributed by atoms with E-state index in [1.54, 1.807) is 36.5 Å². The van der Waals surface area contributed by atoms with Gasteiger partial charge in [0.05, 0.1) is 15.9 Å². The Morgan fingerprint density at radius 2 is 1.85 bits per heavy atom. The van der Waals surface area contributed by atoms with Gasteiger partial charge in [-0.3, -0.25) is 9.40 Å². The highest BCUT2D eigenvalue weighted by Gasteiger charge is 2.18. The monoisotopic (exact) mass is 451 g/mol. The maximum Gasteiger partial charge on any atom is 0.263 e. The van der Waals surface area contributed by atoms with Gasteiger partial charge in [0.1, 0.15) is 5.82 Å². The Kier molecular flexibility index (Phi) is 5.96. The lowest BCUT2D eigenvalue weighted by atomic mass is 10.1. The molecule has 0 aliphatic rings. The minimum atomic E-state index is -3.77. The molecule has 3 aromatic rings. The van der Waals surface area contributed by atoms with Crippen molar-refractivity contribution in [3.63, 3.8) is 0 Å². The van der Waals surface area contributed by atoms with Gasteiger partial charge >= 0.3 is 0 Å². The van der Waals surface area contributed by atoms with E-state index >= 15 is 0 Å². The van der Waals surface area contributed by atoms with Crippen LogP contribution >= 0.6 is 15.9 Å². The van der Waals surface area contributed by atoms with Crippen molar-refractivity contribution in [2.45, 2.75) is 31.2 Å². The van der Waals surface area contributed by atoms with Gasteiger partial charge in [-0.25, -0.2) is 12.8 Å². The summed E-state index contributed by atoms with van der Waals surface area (Å²) in [6.07, 6.45) is 3.51. The molecular formula is C19H19BrFN3O2S. The number of anilines is 1. The average Bonchev–Trinajstić information content (AvgIpc) is 2.96. The topological polar surface area (TPSA) is 64.0 Å². The Labute approximate surface area is 166 Å². The van der Waals surface area contributed by atoms with Crippen molar-refractivity contribution in [1.29, 1.82) is 0 Å². The highest BCUT2D eigenvalue weighted by atomic mass is 79.9. The lowest BCUT2D eigenvalue weighted by Gasteiger charge is -2.07. The molecule has 1 N–H and O–H groups in total. The molecule has 1 aromatic heterocycles. The van der Waals surface area contributed by atoms with Crippen LogP contribution in [-0.2, 0) is 23.0 Å². The van der Waals surface area contributed by atoms with E-state index in [2.05, 4.69) is 32.7 Å². The minimum absolute atomic E-state index is 0.156. The van der Waals surface area contributed by atoms with Crippen LogP contribution in [0.2, 0.25) is 0 Å². The van der Waals surface area contributed by atoms with Crippen LogP contribution in [0.3, 0.4) is 0 Å². The average molecular weight is 452 g/mol. The lowest BCUT2D eigenvalue weighted by Crippen LogP contribution is -2.14. The van der Waals surface area contributed by atoms with Gasteiger partial charge in [-0.1, -0.05) is 43.7 Å². The molecule has 0 aliphatic heterocycles. The zero-order valence-electron chi connectivity index (χ0n) is 14.7. The van der Waals surface area contributed by atoms with Crippen molar-refractivity contribution in [3.8, 4) is 0 Å². The normalized spacial score (nSPS) is 11.5. The van der Waals surface area contributed by atoms with Crippen LogP contribution in [0.5, 0.6) is 0 Å². The quantitative estimate of drug-likeness (QED) is 0.571. The van der Waals surface area contributed by atoms with Gasteiger partial charge in [0.15, 0.2) is 5.82 Å². The first-order valence-corrected chi connectivity index (χ1v) is 10.7. The predicted molar refractivity (Wildman–Crippen MR) is 107 cm³/mol. The van der Waals surface area contributed by atoms with Gasteiger partial charge in [-0.05, 0) is 46.1 Å². The Balaban J connectivity index is 1.78. The van der Waals surface area contributed by atoms with Gasteiger partial charge < -0.3 is 0 Å². The standard InChI is InChI=1S/C19H19BrFN3O2S/c1-2-5-14-8-10-16(11-9-14)27(25,26)23-19-17(20)13-24(22-19)12-15-6-3-4-7-18(15)21/h3-4,6-11,13H,2,5,12H2,1H3,(H,22,23). The van der Waals surface area contributed by atoms with Crippen molar-refractivity contribution in [2.24, 2.45) is 0 Å². The number of nitrogens with zero attached hydrogens (tertiary/aromatic N) is 2. The molecule has 0 spiro atoms. The number of sulfonamides is 1. The summed E-state index contributed by atoms with van der Waals surface area (Å²) in [6, 6.07) is 13.2. The van der Waals surface area contributed by atoms with Crippen LogP contribution < -0.4 is 4.72 Å². The van der Waals surface area contributed by atoms with E-state index in [4.69, 9.17) is 0 Å². The summed E-state index contributed by atoms with van der Waals surface area (Å²) in [5.74, 6) is -0.178. The summed E-state index contributed by atoms with van der Waals surface area (Å²) in [4.78, 5) is 0.165. The molecule has 0 saturated heterocycles. The highest BCUT2D eigenvalue weighted by Crippen LogP contribution is 2.24. The minimum Gasteiger partial charge on any atom is -0.265 e. The molecule has 0 fully saturated rings. The molecule has 8 heteroatoms. The van der Waals surface area contributed by atoms with Crippen LogP contribution in [-0.4, -0.2) is 18.2 Å². The molecule has 0 atom stereocenters. The number of aryl methyl sites for hydroxylation is 1. The molecule has 2 aromatic carbocycles. The number of rotatable bonds is 7. The Bertz CT molecular complexity index is 1030. The van der Waals surface area contributed by atoms with E-state index in [1.165, 1.54) is 10.7 Å². The molecule has 27 heavy (non-hydrogen) atoms. The molecule has 0 aliphatic carbocycles. The van der Waals surface area contributed by atoms with E-state index in [0.29, 0.717) is 10.0 Å². The van der Waals surface area contributed by atoms with E-state index in [9.17, 15) is 12.8 Å². The van der Waals surface area contributed by atoms with Gasteiger partial charge in [0, 0.05) is 11.8 Å². The van der Waals surface area contributed by atoms with Crippen LogP contribution in [0, 0.1) is 5.82 Å². The Hall–Kier alpha value is -2.19. The zero-order chi connectivity index (χ0) is 19.4. The van der Waals surface area contributed by atoms with Crippen LogP contribution in [0.25, 0.3) is 0 Å². The largest absolute Gasteiger partial charge is 0.265 e. The Morgan fingerprint density at radius 1 is 1.15 bits per heavy atom. The van der Waals surface area contributed by atoms with Crippen LogP contribution in [0.15, 0.2) is 64.1 Å². The molecule has 3 rings (SSSR count). The summed E-state index contributed by atoms with van der Waals surface area (Å²) in [7, 11) is -3.77. The van der Waals surface area contributed by atoms with E-state index in [0.717, 1.165) is 18.4 Å². The first-order chi connectivity index (χ1) is 12.9. The maximum absolute atomic E-state index is 13.8. The molecule has 5 nitrogen and oxygen atoms in total. The molecule has 0 radical (unpaired) electrons. The first kappa shape index (κ1) is 19.6. The number of halogens is 2. The van der Waals surface area contributed by atoms with Crippen molar-refractivity contribution >= 4 is 31.8 Å². The molecule has 142 valence electrons. The maximum atomic E-state index is 13.8. The number of hydrogen-bond acceptors (Lipinski definition) is 3. The van der Waals surface area contributed by atoms with E-state index in [-0.39, 0.29) is 23.1 Å². The fourth-order valence-corrected chi connectivity index (χ4v) is 4.22. The number of benzene rings is 2. The smallest absolute Gasteiger partial charge is 0.263 e. The third kappa shape index (κ3) is 4.75. The summed E-state index contributed by atoms with van der Waals surface area (Å²) < 4.78 is 43.4. The predicted octanol–water partition coefficient (Wildman–Crippen LogP) is 4.59. The second-order valence-electron chi connectivity index (χ2n) is 6.11. The summed E-state index contributed by atoms with van der Waals surface area (Å²) in [5, 5.41) is 4.22. The molecular weight excluding hydrogens is 433 g/mol. The van der Waals surface area contributed by atoms with Crippen LogP contribution in [0.4, 0.5) is 10.2 Å². The lowest BCUT2D eigenvalue weighted by molar-refractivity contribution is 0.585. The van der Waals surface area contributed by atoms with Gasteiger partial charge in [-0.2, -0.15) is 5.10 Å². The Morgan fingerprint density at radius 3 is 2.52 bits per heavy atom. The molecule has 0 bridgehead atoms. The molecule has 0 unspecified atom stereocenters.